The van der Waals surface area contributed by atoms with E-state index in [9.17, 15) is 4.79 Å². The summed E-state index contributed by atoms with van der Waals surface area (Å²) in [4.78, 5) is 16.8. The smallest absolute Gasteiger partial charge is 0.226 e. The number of carbonyl (C=O) groups excluding carboxylic acids is 1. The number of likely N-dealkylation sites (N-methyl/N-ethyl adjacent to an activating group) is 1. The van der Waals surface area contributed by atoms with Crippen LogP contribution in [-0.4, -0.2) is 48.9 Å². The minimum atomic E-state index is 0.220. The van der Waals surface area contributed by atoms with E-state index in [2.05, 4.69) is 46.1 Å². The fourth-order valence-corrected chi connectivity index (χ4v) is 3.25. The molecule has 0 bridgehead atoms. The highest BCUT2D eigenvalue weighted by molar-refractivity contribution is 9.10. The quantitative estimate of drug-likeness (QED) is 0.834. The molecule has 1 saturated heterocycles. The first-order chi connectivity index (χ1) is 9.15. The average molecular weight is 323 g/mol. The maximum Gasteiger partial charge on any atom is 0.226 e. The Morgan fingerprint density at radius 3 is 2.68 bits per heavy atom. The number of halogens is 1. The first kappa shape index (κ1) is 13.1. The molecule has 0 spiro atoms. The monoisotopic (exact) mass is 322 g/mol. The number of hydrogen-bond donors (Lipinski definition) is 0. The number of rotatable bonds is 2. The Hall–Kier alpha value is -0.870. The van der Waals surface area contributed by atoms with E-state index >= 15 is 0 Å². The van der Waals surface area contributed by atoms with Crippen LogP contribution in [0.5, 0.6) is 0 Å². The van der Waals surface area contributed by atoms with Crippen LogP contribution in [0.2, 0.25) is 0 Å². The molecule has 0 N–H and O–H groups in total. The van der Waals surface area contributed by atoms with Crippen molar-refractivity contribution in [1.82, 2.24) is 9.80 Å². The lowest BCUT2D eigenvalue weighted by Crippen LogP contribution is -2.47. The molecular formula is C15H19BrN2O. The van der Waals surface area contributed by atoms with E-state index < -0.39 is 0 Å². The van der Waals surface area contributed by atoms with E-state index in [0.717, 1.165) is 37.1 Å². The van der Waals surface area contributed by atoms with Gasteiger partial charge in [-0.15, -0.1) is 0 Å². The van der Waals surface area contributed by atoms with Crippen molar-refractivity contribution in [2.24, 2.45) is 5.92 Å². The summed E-state index contributed by atoms with van der Waals surface area (Å²) < 4.78 is 1.10. The molecule has 4 heteroatoms. The van der Waals surface area contributed by atoms with Crippen molar-refractivity contribution in [2.45, 2.75) is 12.3 Å². The summed E-state index contributed by atoms with van der Waals surface area (Å²) in [7, 11) is 2.11. The third-order valence-corrected chi connectivity index (χ3v) is 4.69. The van der Waals surface area contributed by atoms with Crippen molar-refractivity contribution in [3.63, 3.8) is 0 Å². The third kappa shape index (κ3) is 2.84. The van der Waals surface area contributed by atoms with Crippen LogP contribution < -0.4 is 0 Å². The lowest BCUT2D eigenvalue weighted by atomic mass is 10.1. The van der Waals surface area contributed by atoms with Crippen LogP contribution in [-0.2, 0) is 4.79 Å². The van der Waals surface area contributed by atoms with Gasteiger partial charge in [-0.1, -0.05) is 28.1 Å². The van der Waals surface area contributed by atoms with Crippen LogP contribution in [0.4, 0.5) is 0 Å². The minimum absolute atomic E-state index is 0.220. The summed E-state index contributed by atoms with van der Waals surface area (Å²) in [6, 6.07) is 8.35. The molecule has 1 aromatic rings. The fourth-order valence-electron chi connectivity index (χ4n) is 2.83. The standard InChI is InChI=1S/C15H19BrN2O/c1-17-5-7-18(8-6-17)15(19)14-10-13(14)11-3-2-4-12(16)9-11/h2-4,9,13-14H,5-8,10H2,1H3/t13-,14-/m0/s1. The van der Waals surface area contributed by atoms with Crippen LogP contribution >= 0.6 is 15.9 Å². The number of carbonyl (C=O) groups is 1. The highest BCUT2D eigenvalue weighted by atomic mass is 79.9. The summed E-state index contributed by atoms with van der Waals surface area (Å²) in [5, 5.41) is 0. The van der Waals surface area contributed by atoms with E-state index in [1.165, 1.54) is 5.56 Å². The second-order valence-corrected chi connectivity index (χ2v) is 6.55. The van der Waals surface area contributed by atoms with Crippen LogP contribution in [0.3, 0.4) is 0 Å². The van der Waals surface area contributed by atoms with Gasteiger partial charge in [-0.25, -0.2) is 0 Å². The molecule has 1 saturated carbocycles. The van der Waals surface area contributed by atoms with Gasteiger partial charge in [-0.2, -0.15) is 0 Å². The Labute approximate surface area is 122 Å². The van der Waals surface area contributed by atoms with E-state index in [4.69, 9.17) is 0 Å². The summed E-state index contributed by atoms with van der Waals surface area (Å²) >= 11 is 3.50. The number of hydrogen-bond acceptors (Lipinski definition) is 2. The Morgan fingerprint density at radius 2 is 2.00 bits per heavy atom. The van der Waals surface area contributed by atoms with E-state index in [-0.39, 0.29) is 5.92 Å². The van der Waals surface area contributed by atoms with Crippen molar-refractivity contribution < 1.29 is 4.79 Å². The Morgan fingerprint density at radius 1 is 1.26 bits per heavy atom. The van der Waals surface area contributed by atoms with Gasteiger partial charge in [0.05, 0.1) is 0 Å². The van der Waals surface area contributed by atoms with Gasteiger partial charge >= 0.3 is 0 Å². The maximum absolute atomic E-state index is 12.4. The molecule has 102 valence electrons. The summed E-state index contributed by atoms with van der Waals surface area (Å²) in [6.07, 6.45) is 1.02. The molecule has 1 amide bonds. The van der Waals surface area contributed by atoms with Gasteiger partial charge in [0.15, 0.2) is 0 Å². The number of nitrogens with zero attached hydrogens (tertiary/aromatic N) is 2. The molecule has 2 aliphatic rings. The molecule has 3 nitrogen and oxygen atoms in total. The van der Waals surface area contributed by atoms with E-state index in [0.29, 0.717) is 11.8 Å². The molecule has 2 atom stereocenters. The predicted octanol–water partition coefficient (Wildman–Crippen LogP) is 2.33. The van der Waals surface area contributed by atoms with Crippen LogP contribution in [0.25, 0.3) is 0 Å². The van der Waals surface area contributed by atoms with Gasteiger partial charge in [-0.05, 0) is 37.1 Å². The lowest BCUT2D eigenvalue weighted by Gasteiger charge is -2.32. The minimum Gasteiger partial charge on any atom is -0.340 e. The molecule has 0 aromatic heterocycles. The molecule has 19 heavy (non-hydrogen) atoms. The molecule has 3 rings (SSSR count). The van der Waals surface area contributed by atoms with Gasteiger partial charge in [0.1, 0.15) is 0 Å². The second-order valence-electron chi connectivity index (χ2n) is 5.63. The lowest BCUT2D eigenvalue weighted by molar-refractivity contribution is -0.134. The summed E-state index contributed by atoms with van der Waals surface area (Å²) in [5.74, 6) is 1.01. The molecule has 1 heterocycles. The van der Waals surface area contributed by atoms with E-state index in [1.54, 1.807) is 0 Å². The third-order valence-electron chi connectivity index (χ3n) is 4.20. The van der Waals surface area contributed by atoms with Crippen LogP contribution in [0.1, 0.15) is 17.9 Å². The van der Waals surface area contributed by atoms with Crippen molar-refractivity contribution in [3.05, 3.63) is 34.3 Å². The van der Waals surface area contributed by atoms with E-state index in [1.807, 2.05) is 11.0 Å². The SMILES string of the molecule is CN1CCN(C(=O)[C@H]2C[C@H]2c2cccc(Br)c2)CC1. The van der Waals surface area contributed by atoms with Gasteiger partial charge in [0.2, 0.25) is 5.91 Å². The summed E-state index contributed by atoms with van der Waals surface area (Å²) in [5.41, 5.74) is 1.29. The molecule has 0 unspecified atom stereocenters. The highest BCUT2D eigenvalue weighted by Crippen LogP contribution is 2.48. The summed E-state index contributed by atoms with van der Waals surface area (Å²) in [6.45, 7) is 3.77. The van der Waals surface area contributed by atoms with Crippen molar-refractivity contribution >= 4 is 21.8 Å². The maximum atomic E-state index is 12.4. The first-order valence-corrected chi connectivity index (χ1v) is 7.67. The predicted molar refractivity (Wildman–Crippen MR) is 79.1 cm³/mol. The second kappa shape index (κ2) is 5.25. The van der Waals surface area contributed by atoms with Gasteiger partial charge in [0.25, 0.3) is 0 Å². The Bertz CT molecular complexity index is 483. The number of amides is 1. The highest BCUT2D eigenvalue weighted by Gasteiger charge is 2.45. The molecule has 1 aliphatic heterocycles. The van der Waals surface area contributed by atoms with Crippen molar-refractivity contribution in [3.8, 4) is 0 Å². The number of benzene rings is 1. The van der Waals surface area contributed by atoms with Gasteiger partial charge in [0, 0.05) is 36.6 Å². The van der Waals surface area contributed by atoms with Crippen LogP contribution in [0, 0.1) is 5.92 Å². The molecule has 1 aromatic carbocycles. The molecule has 2 fully saturated rings. The van der Waals surface area contributed by atoms with Gasteiger partial charge < -0.3 is 9.80 Å². The van der Waals surface area contributed by atoms with Crippen LogP contribution in [0.15, 0.2) is 28.7 Å². The topological polar surface area (TPSA) is 23.6 Å². The van der Waals surface area contributed by atoms with Crippen molar-refractivity contribution in [1.29, 1.82) is 0 Å². The largest absolute Gasteiger partial charge is 0.340 e. The normalized spacial score (nSPS) is 27.4. The zero-order valence-electron chi connectivity index (χ0n) is 11.2. The van der Waals surface area contributed by atoms with Gasteiger partial charge in [-0.3, -0.25) is 4.79 Å². The average Bonchev–Trinajstić information content (AvgIpc) is 3.19. The molecule has 1 aliphatic carbocycles. The Balaban J connectivity index is 1.62. The van der Waals surface area contributed by atoms with Crippen molar-refractivity contribution in [2.75, 3.05) is 33.2 Å². The first-order valence-electron chi connectivity index (χ1n) is 6.88. The molecular weight excluding hydrogens is 304 g/mol. The fraction of sp³-hybridized carbons (Fsp3) is 0.533. The zero-order valence-corrected chi connectivity index (χ0v) is 12.8. The number of piperazine rings is 1. The molecule has 0 radical (unpaired) electrons. The zero-order chi connectivity index (χ0) is 13.4. The Kier molecular flexibility index (Phi) is 3.63.